The third-order valence-corrected chi connectivity index (χ3v) is 13.1. The Morgan fingerprint density at radius 3 is 2.06 bits per heavy atom. The molecular weight excluding hydrogens is 598 g/mol. The molecule has 1 unspecified atom stereocenters. The minimum Gasteiger partial charge on any atom is -0.370 e. The molecule has 8 rings (SSSR count). The van der Waals surface area contributed by atoms with Gasteiger partial charge in [-0.15, -0.1) is 0 Å². The Labute approximate surface area is 278 Å². The lowest BCUT2D eigenvalue weighted by Crippen LogP contribution is -2.64. The summed E-state index contributed by atoms with van der Waals surface area (Å²) in [6.07, 6.45) is 15.2. The Bertz CT molecular complexity index is 1240. The standard InChI is InChI=1S/C36H55N5O6/c1-35(2)18-25-27(47-35)19-41(29(25)32(44)38-26(30(42)31(37)43)14-20-7-6-8-20)33(45)28(24-9-4-3-5-10-24)39-34(46)40-36-15-21-11-22(16-36)13-23(12-21)17-36/h20-29H,3-19H2,1-2H3,(H2,37,43)(H,38,44)(H2,39,40,46)/t21?,22?,23?,25-,26?,27-,28-,29-,36?/m0/s1. The van der Waals surface area contributed by atoms with Crippen molar-refractivity contribution in [3.05, 3.63) is 0 Å². The number of hydrogen-bond acceptors (Lipinski definition) is 6. The molecule has 5 N–H and O–H groups in total. The molecule has 6 saturated carbocycles. The van der Waals surface area contributed by atoms with Gasteiger partial charge in [-0.25, -0.2) is 4.79 Å². The SMILES string of the molecule is CC1(C)C[C@H]2[C@H](CN(C(=O)[C@@H](NC(=O)NC34CC5CC(CC(C5)C3)C4)C3CCCCC3)[C@@H]2C(=O)NC(CC2CCC2)C(=O)C(N)=O)O1. The normalized spacial score (nSPS) is 37.0. The van der Waals surface area contributed by atoms with Crippen LogP contribution in [0.4, 0.5) is 4.79 Å². The first-order chi connectivity index (χ1) is 22.4. The van der Waals surface area contributed by atoms with Crippen LogP contribution in [-0.2, 0) is 23.9 Å². The van der Waals surface area contributed by atoms with E-state index in [1.165, 1.54) is 19.3 Å². The molecule has 11 heteroatoms. The van der Waals surface area contributed by atoms with Crippen molar-refractivity contribution >= 4 is 29.5 Å². The molecule has 0 spiro atoms. The molecule has 5 amide bonds. The minimum absolute atomic E-state index is 0.0253. The van der Waals surface area contributed by atoms with E-state index in [0.29, 0.717) is 30.6 Å². The van der Waals surface area contributed by atoms with Crippen LogP contribution in [0.2, 0.25) is 0 Å². The van der Waals surface area contributed by atoms with Gasteiger partial charge in [-0.05, 0) is 108 Å². The third kappa shape index (κ3) is 6.66. The fourth-order valence-electron chi connectivity index (χ4n) is 11.3. The number of nitrogens with two attached hydrogens (primary N) is 1. The number of nitrogens with zero attached hydrogens (tertiary/aromatic N) is 1. The van der Waals surface area contributed by atoms with Crippen molar-refractivity contribution < 1.29 is 28.7 Å². The van der Waals surface area contributed by atoms with Crippen LogP contribution < -0.4 is 21.7 Å². The highest BCUT2D eigenvalue weighted by molar-refractivity contribution is 6.37. The molecule has 5 atom stereocenters. The van der Waals surface area contributed by atoms with Crippen LogP contribution >= 0.6 is 0 Å². The van der Waals surface area contributed by atoms with E-state index in [1.54, 1.807) is 4.90 Å². The molecule has 8 fully saturated rings. The maximum atomic E-state index is 14.7. The average Bonchev–Trinajstić information content (AvgIpc) is 3.47. The number of urea groups is 1. The van der Waals surface area contributed by atoms with E-state index in [2.05, 4.69) is 16.0 Å². The van der Waals surface area contributed by atoms with E-state index >= 15 is 0 Å². The zero-order valence-electron chi connectivity index (χ0n) is 28.3. The van der Waals surface area contributed by atoms with Crippen LogP contribution in [0.3, 0.4) is 0 Å². The number of ether oxygens (including phenoxy) is 1. The predicted octanol–water partition coefficient (Wildman–Crippen LogP) is 3.33. The Balaban J connectivity index is 1.11. The van der Waals surface area contributed by atoms with Gasteiger partial charge in [-0.1, -0.05) is 38.5 Å². The smallest absolute Gasteiger partial charge is 0.315 e. The van der Waals surface area contributed by atoms with Crippen LogP contribution in [0.15, 0.2) is 0 Å². The maximum absolute atomic E-state index is 14.7. The van der Waals surface area contributed by atoms with E-state index in [-0.39, 0.29) is 47.9 Å². The van der Waals surface area contributed by atoms with Gasteiger partial charge in [-0.2, -0.15) is 0 Å². The fourth-order valence-corrected chi connectivity index (χ4v) is 11.3. The van der Waals surface area contributed by atoms with E-state index in [4.69, 9.17) is 10.5 Å². The van der Waals surface area contributed by atoms with Gasteiger partial charge in [0.15, 0.2) is 0 Å². The van der Waals surface area contributed by atoms with Crippen molar-refractivity contribution in [1.82, 2.24) is 20.9 Å². The second-order valence-corrected chi connectivity index (χ2v) is 17.2. The second-order valence-electron chi connectivity index (χ2n) is 17.2. The molecule has 0 aromatic rings. The van der Waals surface area contributed by atoms with Gasteiger partial charge in [0.25, 0.3) is 5.91 Å². The van der Waals surface area contributed by atoms with Crippen molar-refractivity contribution in [3.63, 3.8) is 0 Å². The summed E-state index contributed by atoms with van der Waals surface area (Å²) in [5.74, 6) is -0.584. The number of ketones is 1. The molecule has 2 heterocycles. The fraction of sp³-hybridized carbons (Fsp3) is 0.861. The number of likely N-dealkylation sites (tertiary alicyclic amines) is 1. The number of hydrogen-bond donors (Lipinski definition) is 4. The van der Waals surface area contributed by atoms with Gasteiger partial charge >= 0.3 is 6.03 Å². The number of Topliss-reactive ketones (excluding diaryl/α,β-unsaturated/α-hetero) is 1. The summed E-state index contributed by atoms with van der Waals surface area (Å²) in [6.45, 7) is 4.22. The molecular formula is C36H55N5O6. The number of nitrogens with one attached hydrogen (secondary N) is 3. The number of carbonyl (C=O) groups is 5. The van der Waals surface area contributed by atoms with Gasteiger partial charge in [0.05, 0.1) is 17.7 Å². The van der Waals surface area contributed by atoms with E-state index in [9.17, 15) is 24.0 Å². The highest BCUT2D eigenvalue weighted by atomic mass is 16.5. The number of fused-ring (bicyclic) bond motifs is 1. The lowest BCUT2D eigenvalue weighted by atomic mass is 9.53. The summed E-state index contributed by atoms with van der Waals surface area (Å²) >= 11 is 0. The summed E-state index contributed by atoms with van der Waals surface area (Å²) in [5.41, 5.74) is 4.75. The average molecular weight is 654 g/mol. The largest absolute Gasteiger partial charge is 0.370 e. The quantitative estimate of drug-likeness (QED) is 0.265. The summed E-state index contributed by atoms with van der Waals surface area (Å²) in [7, 11) is 0. The van der Waals surface area contributed by atoms with Crippen LogP contribution in [0.25, 0.3) is 0 Å². The zero-order valence-corrected chi connectivity index (χ0v) is 28.3. The summed E-state index contributed by atoms with van der Waals surface area (Å²) in [4.78, 5) is 69.2. The molecule has 6 aliphatic carbocycles. The van der Waals surface area contributed by atoms with Gasteiger partial charge in [0.2, 0.25) is 17.6 Å². The summed E-state index contributed by atoms with van der Waals surface area (Å²) in [5, 5.41) is 9.43. The molecule has 0 aromatic carbocycles. The first kappa shape index (κ1) is 32.8. The Morgan fingerprint density at radius 2 is 1.49 bits per heavy atom. The second kappa shape index (κ2) is 12.6. The van der Waals surface area contributed by atoms with Crippen molar-refractivity contribution in [1.29, 1.82) is 0 Å². The minimum atomic E-state index is -1.07. The third-order valence-electron chi connectivity index (χ3n) is 13.1. The first-order valence-electron chi connectivity index (χ1n) is 18.6. The monoisotopic (exact) mass is 653 g/mol. The molecule has 0 radical (unpaired) electrons. The molecule has 11 nitrogen and oxygen atoms in total. The van der Waals surface area contributed by atoms with Crippen LogP contribution in [-0.4, -0.2) is 76.4 Å². The summed E-state index contributed by atoms with van der Waals surface area (Å²) < 4.78 is 6.37. The molecule has 47 heavy (non-hydrogen) atoms. The van der Waals surface area contributed by atoms with Crippen molar-refractivity contribution in [2.45, 2.75) is 152 Å². The van der Waals surface area contributed by atoms with Crippen LogP contribution in [0, 0.1) is 35.5 Å². The molecule has 2 saturated heterocycles. The highest BCUT2D eigenvalue weighted by Gasteiger charge is 2.57. The number of primary amides is 1. The molecule has 8 aliphatic rings. The number of rotatable bonds is 10. The van der Waals surface area contributed by atoms with Crippen LogP contribution in [0.5, 0.6) is 0 Å². The van der Waals surface area contributed by atoms with Gasteiger partial charge < -0.3 is 31.3 Å². The van der Waals surface area contributed by atoms with E-state index in [0.717, 1.165) is 70.6 Å². The van der Waals surface area contributed by atoms with Crippen molar-refractivity contribution in [2.75, 3.05) is 6.54 Å². The van der Waals surface area contributed by atoms with E-state index in [1.807, 2.05) is 13.8 Å². The van der Waals surface area contributed by atoms with Gasteiger partial charge in [-0.3, -0.25) is 19.2 Å². The van der Waals surface area contributed by atoms with Gasteiger partial charge in [0, 0.05) is 18.0 Å². The summed E-state index contributed by atoms with van der Waals surface area (Å²) in [6, 6.07) is -2.93. The Kier molecular flexibility index (Phi) is 8.83. The highest BCUT2D eigenvalue weighted by Crippen LogP contribution is 2.55. The predicted molar refractivity (Wildman–Crippen MR) is 174 cm³/mol. The molecule has 4 bridgehead atoms. The number of carbonyl (C=O) groups excluding carboxylic acids is 5. The molecule has 0 aromatic heterocycles. The van der Waals surface area contributed by atoms with Crippen molar-refractivity contribution in [3.8, 4) is 0 Å². The van der Waals surface area contributed by atoms with Crippen molar-refractivity contribution in [2.24, 2.45) is 41.2 Å². The Hall–Kier alpha value is -2.69. The first-order valence-corrected chi connectivity index (χ1v) is 18.6. The Morgan fingerprint density at radius 1 is 0.851 bits per heavy atom. The molecule has 2 aliphatic heterocycles. The zero-order chi connectivity index (χ0) is 33.1. The lowest BCUT2D eigenvalue weighted by molar-refractivity contribution is -0.144. The van der Waals surface area contributed by atoms with Gasteiger partial charge in [0.1, 0.15) is 12.1 Å². The topological polar surface area (TPSA) is 160 Å². The van der Waals surface area contributed by atoms with E-state index < -0.39 is 41.3 Å². The number of amides is 5. The van der Waals surface area contributed by atoms with Crippen LogP contribution in [0.1, 0.15) is 117 Å². The maximum Gasteiger partial charge on any atom is 0.315 e. The lowest BCUT2D eigenvalue weighted by Gasteiger charge is -2.56. The molecule has 260 valence electrons.